The van der Waals surface area contributed by atoms with Crippen LogP contribution in [0, 0.1) is 12.7 Å². The number of nitrogens with one attached hydrogen (secondary N) is 1. The van der Waals surface area contributed by atoms with E-state index in [1.54, 1.807) is 37.4 Å². The van der Waals surface area contributed by atoms with E-state index in [4.69, 9.17) is 16.3 Å². The molecule has 1 heterocycles. The summed E-state index contributed by atoms with van der Waals surface area (Å²) in [6, 6.07) is 15.9. The Balaban J connectivity index is 1.53. The van der Waals surface area contributed by atoms with E-state index in [1.165, 1.54) is 24.5 Å². The molecule has 44 heavy (non-hydrogen) atoms. The van der Waals surface area contributed by atoms with Crippen molar-refractivity contribution in [2.45, 2.75) is 56.1 Å². The van der Waals surface area contributed by atoms with Gasteiger partial charge in [-0.25, -0.2) is 17.1 Å². The van der Waals surface area contributed by atoms with Gasteiger partial charge in [0.25, 0.3) is 5.91 Å². The van der Waals surface area contributed by atoms with Crippen molar-refractivity contribution in [3.63, 3.8) is 0 Å². The molecule has 4 aromatic rings. The lowest BCUT2D eigenvalue weighted by Gasteiger charge is -2.37. The Bertz CT molecular complexity index is 1780. The molecule has 1 aromatic heterocycles. The van der Waals surface area contributed by atoms with Crippen LogP contribution in [0.3, 0.4) is 0 Å². The highest BCUT2D eigenvalue weighted by Gasteiger charge is 2.33. The van der Waals surface area contributed by atoms with E-state index in [0.717, 1.165) is 59.3 Å². The highest BCUT2D eigenvalue weighted by molar-refractivity contribution is 7.89. The molecule has 1 amide bonds. The molecule has 0 atom stereocenters. The Morgan fingerprint density at radius 2 is 1.70 bits per heavy atom. The quantitative estimate of drug-likeness (QED) is 0.208. The minimum absolute atomic E-state index is 0.0387. The third kappa shape index (κ3) is 6.23. The summed E-state index contributed by atoms with van der Waals surface area (Å²) >= 11 is 7.91. The number of carbonyl (C=O) groups excluding carboxylic acids is 1. The van der Waals surface area contributed by atoms with E-state index in [1.807, 2.05) is 37.1 Å². The van der Waals surface area contributed by atoms with Crippen LogP contribution in [0.15, 0.2) is 59.5 Å². The lowest BCUT2D eigenvalue weighted by Crippen LogP contribution is -2.44. The van der Waals surface area contributed by atoms with Crippen molar-refractivity contribution in [3.8, 4) is 16.9 Å². The number of thiophene rings is 1. The number of carbonyl (C=O) groups is 1. The predicted molar refractivity (Wildman–Crippen MR) is 176 cm³/mol. The lowest BCUT2D eigenvalue weighted by atomic mass is 9.89. The third-order valence-corrected chi connectivity index (χ3v) is 12.0. The largest absolute Gasteiger partial charge is 0.496 e. The molecule has 0 radical (unpaired) electrons. The predicted octanol–water partition coefficient (Wildman–Crippen LogP) is 7.10. The smallest absolute Gasteiger partial charge is 0.266 e. The minimum atomic E-state index is -3.55. The number of halogens is 2. The average molecular weight is 658 g/mol. The molecule has 1 N–H and O–H groups in total. The Morgan fingerprint density at radius 1 is 1.05 bits per heavy atom. The molecule has 1 fully saturated rings. The molecule has 1 aliphatic rings. The van der Waals surface area contributed by atoms with E-state index >= 15 is 0 Å². The van der Waals surface area contributed by atoms with Gasteiger partial charge in [-0.1, -0.05) is 35.9 Å². The topological polar surface area (TPSA) is 79.0 Å². The molecule has 0 saturated heterocycles. The first-order chi connectivity index (χ1) is 21.0. The first-order valence-electron chi connectivity index (χ1n) is 14.5. The highest BCUT2D eigenvalue weighted by Crippen LogP contribution is 2.41. The first kappa shape index (κ1) is 32.4. The van der Waals surface area contributed by atoms with Gasteiger partial charge in [-0.2, -0.15) is 0 Å². The number of hydrogen-bond donors (Lipinski definition) is 1. The van der Waals surface area contributed by atoms with Gasteiger partial charge < -0.3 is 15.0 Å². The molecule has 0 spiro atoms. The summed E-state index contributed by atoms with van der Waals surface area (Å²) < 4.78 is 47.2. The summed E-state index contributed by atoms with van der Waals surface area (Å²) in [5.41, 5.74) is 3.32. The van der Waals surface area contributed by atoms with Gasteiger partial charge in [0, 0.05) is 43.7 Å². The first-order valence-corrected chi connectivity index (χ1v) is 17.1. The summed E-state index contributed by atoms with van der Waals surface area (Å²) in [6.07, 6.45) is 3.49. The monoisotopic (exact) mass is 657 g/mol. The summed E-state index contributed by atoms with van der Waals surface area (Å²) in [5, 5.41) is 4.22. The summed E-state index contributed by atoms with van der Waals surface area (Å²) in [4.78, 5) is 16.8. The summed E-state index contributed by atoms with van der Waals surface area (Å²) in [5.74, 6) is 0.0107. The molecule has 1 aliphatic carbocycles. The molecule has 5 rings (SSSR count). The molecule has 11 heteroatoms. The number of nitrogens with zero attached hydrogens (tertiary/aromatic N) is 2. The van der Waals surface area contributed by atoms with Gasteiger partial charge in [0.1, 0.15) is 16.4 Å². The number of fused-ring (bicyclic) bond motifs is 1. The Kier molecular flexibility index (Phi) is 9.67. The number of ether oxygens (including phenoxy) is 1. The molecule has 1 saturated carbocycles. The van der Waals surface area contributed by atoms with Gasteiger partial charge in [-0.15, -0.1) is 11.3 Å². The Morgan fingerprint density at radius 3 is 2.30 bits per heavy atom. The summed E-state index contributed by atoms with van der Waals surface area (Å²) in [7, 11) is 3.00. The second-order valence-electron chi connectivity index (χ2n) is 11.4. The van der Waals surface area contributed by atoms with Crippen LogP contribution in [0.2, 0.25) is 5.02 Å². The second-order valence-corrected chi connectivity index (χ2v) is 14.9. The van der Waals surface area contributed by atoms with Gasteiger partial charge in [0.2, 0.25) is 10.0 Å². The Labute approximate surface area is 267 Å². The number of sulfonamides is 1. The lowest BCUT2D eigenvalue weighted by molar-refractivity contribution is 0.0604. The van der Waals surface area contributed by atoms with Crippen LogP contribution < -0.4 is 10.1 Å². The van der Waals surface area contributed by atoms with Crippen LogP contribution in [0.1, 0.15) is 46.5 Å². The van der Waals surface area contributed by atoms with Crippen molar-refractivity contribution in [1.29, 1.82) is 0 Å². The van der Waals surface area contributed by atoms with Crippen molar-refractivity contribution >= 4 is 49.0 Å². The molecular formula is C33H37ClFN3O4S2. The number of amides is 1. The number of rotatable bonds is 9. The van der Waals surface area contributed by atoms with Crippen LogP contribution in [0.4, 0.5) is 4.39 Å². The van der Waals surface area contributed by atoms with Crippen LogP contribution >= 0.6 is 22.9 Å². The maximum atomic E-state index is 14.8. The zero-order valence-electron chi connectivity index (χ0n) is 25.5. The van der Waals surface area contributed by atoms with Crippen LogP contribution in [0.25, 0.3) is 21.2 Å². The van der Waals surface area contributed by atoms with Crippen molar-refractivity contribution in [1.82, 2.24) is 14.5 Å². The van der Waals surface area contributed by atoms with E-state index in [9.17, 15) is 17.6 Å². The summed E-state index contributed by atoms with van der Waals surface area (Å²) in [6.45, 7) is 2.13. The zero-order chi connectivity index (χ0) is 31.8. The van der Waals surface area contributed by atoms with E-state index in [-0.39, 0.29) is 28.4 Å². The van der Waals surface area contributed by atoms with Crippen LogP contribution in [0.5, 0.6) is 5.75 Å². The number of aryl methyl sites for hydroxylation is 1. The zero-order valence-corrected chi connectivity index (χ0v) is 27.9. The van der Waals surface area contributed by atoms with Crippen LogP contribution in [-0.4, -0.2) is 63.9 Å². The van der Waals surface area contributed by atoms with Gasteiger partial charge >= 0.3 is 0 Å². The van der Waals surface area contributed by atoms with Gasteiger partial charge in [-0.3, -0.25) is 4.79 Å². The molecule has 3 aromatic carbocycles. The molecular weight excluding hydrogens is 621 g/mol. The van der Waals surface area contributed by atoms with Gasteiger partial charge in [0.15, 0.2) is 0 Å². The van der Waals surface area contributed by atoms with E-state index in [0.29, 0.717) is 26.8 Å². The molecule has 7 nitrogen and oxygen atoms in total. The maximum Gasteiger partial charge on any atom is 0.266 e. The van der Waals surface area contributed by atoms with Crippen molar-refractivity contribution < 1.29 is 22.3 Å². The fourth-order valence-corrected chi connectivity index (χ4v) is 8.42. The molecule has 0 aliphatic heterocycles. The highest BCUT2D eigenvalue weighted by atomic mass is 35.5. The minimum Gasteiger partial charge on any atom is -0.496 e. The fourth-order valence-electron chi connectivity index (χ4n) is 5.89. The van der Waals surface area contributed by atoms with Gasteiger partial charge in [0.05, 0.1) is 21.7 Å². The standard InChI is InChI=1S/C33H37ClFN3O4S2/c1-20-6-16-27(35)31-29(20)30(34)32(43-31)33(39)38(25-12-10-24(36-2)11-13-25)19-23-18-22(9-17-28(23)42-5)21-7-14-26(15-8-21)44(40,41)37(3)4/h6-9,14-18,24-25,36H,10-13,19H2,1-5H3/t24-,25-. The Hall–Kier alpha value is -3.02. The molecule has 0 bridgehead atoms. The number of methoxy groups -OCH3 is 1. The van der Waals surface area contributed by atoms with Crippen molar-refractivity contribution in [2.75, 3.05) is 28.3 Å². The van der Waals surface area contributed by atoms with E-state index < -0.39 is 15.8 Å². The molecule has 0 unspecified atom stereocenters. The molecule has 234 valence electrons. The second kappa shape index (κ2) is 13.1. The van der Waals surface area contributed by atoms with Crippen LogP contribution in [-0.2, 0) is 16.6 Å². The fraction of sp³-hybridized carbons (Fsp3) is 0.364. The van der Waals surface area contributed by atoms with E-state index in [2.05, 4.69) is 5.32 Å². The number of benzene rings is 3. The maximum absolute atomic E-state index is 14.8. The van der Waals surface area contributed by atoms with Crippen molar-refractivity contribution in [3.05, 3.63) is 81.4 Å². The third-order valence-electron chi connectivity index (χ3n) is 8.53. The van der Waals surface area contributed by atoms with Gasteiger partial charge in [-0.05, 0) is 86.7 Å². The van der Waals surface area contributed by atoms with Crippen molar-refractivity contribution in [2.24, 2.45) is 0 Å². The SMILES string of the molecule is CN[C@H]1CC[C@H](N(Cc2cc(-c3ccc(S(=O)(=O)N(C)C)cc3)ccc2OC)C(=O)c2sc3c(F)ccc(C)c3c2Cl)CC1. The number of hydrogen-bond acceptors (Lipinski definition) is 6. The average Bonchev–Trinajstić information content (AvgIpc) is 3.39. The normalized spacial score (nSPS) is 17.3.